The lowest BCUT2D eigenvalue weighted by Gasteiger charge is -2.12. The van der Waals surface area contributed by atoms with Gasteiger partial charge in [0.25, 0.3) is 0 Å². The lowest BCUT2D eigenvalue weighted by atomic mass is 10.0. The van der Waals surface area contributed by atoms with Crippen LogP contribution in [-0.4, -0.2) is 11.7 Å². The smallest absolute Gasteiger partial charge is 0.140 e. The Morgan fingerprint density at radius 3 is 2.94 bits per heavy atom. The molecule has 3 rings (SSSR count). The van der Waals surface area contributed by atoms with Crippen LogP contribution >= 0.6 is 0 Å². The molecular formula is C15H16O3. The molecule has 3 nitrogen and oxygen atoms in total. The fraction of sp³-hybridized carbons (Fsp3) is 0.333. The van der Waals surface area contributed by atoms with E-state index in [0.29, 0.717) is 12.4 Å². The molecule has 0 saturated heterocycles. The largest absolute Gasteiger partial charge is 0.493 e. The second kappa shape index (κ2) is 4.50. The van der Waals surface area contributed by atoms with E-state index in [2.05, 4.69) is 0 Å². The first-order valence-electron chi connectivity index (χ1n) is 6.31. The van der Waals surface area contributed by atoms with Gasteiger partial charge in [-0.2, -0.15) is 0 Å². The summed E-state index contributed by atoms with van der Waals surface area (Å²) in [5.74, 6) is 2.28. The number of hydrogen-bond acceptors (Lipinski definition) is 3. The first-order valence-corrected chi connectivity index (χ1v) is 6.31. The van der Waals surface area contributed by atoms with E-state index in [1.54, 1.807) is 0 Å². The minimum atomic E-state index is -0.752. The van der Waals surface area contributed by atoms with Gasteiger partial charge in [0.05, 0.1) is 6.61 Å². The van der Waals surface area contributed by atoms with E-state index in [9.17, 15) is 5.11 Å². The summed E-state index contributed by atoms with van der Waals surface area (Å²) in [6.07, 6.45) is 0.989. The van der Waals surface area contributed by atoms with Crippen molar-refractivity contribution in [3.63, 3.8) is 0 Å². The normalized spacial score (nSPS) is 15.2. The first kappa shape index (κ1) is 11.4. The van der Waals surface area contributed by atoms with Crippen molar-refractivity contribution >= 4 is 0 Å². The molecule has 94 valence electrons. The minimum Gasteiger partial charge on any atom is -0.493 e. The Labute approximate surface area is 106 Å². The summed E-state index contributed by atoms with van der Waals surface area (Å²) in [6, 6.07) is 9.62. The molecule has 3 heteroatoms. The summed E-state index contributed by atoms with van der Waals surface area (Å²) >= 11 is 0. The van der Waals surface area contributed by atoms with Crippen LogP contribution in [0.1, 0.15) is 35.7 Å². The Balaban J connectivity index is 1.97. The molecule has 0 saturated carbocycles. The average Bonchev–Trinajstić information content (AvgIpc) is 3.05. The van der Waals surface area contributed by atoms with E-state index < -0.39 is 6.10 Å². The number of fused-ring (bicyclic) bond motifs is 1. The van der Waals surface area contributed by atoms with Crippen molar-refractivity contribution in [3.05, 3.63) is 53.0 Å². The first-order chi connectivity index (χ1) is 8.79. The molecule has 1 N–H and O–H groups in total. The van der Waals surface area contributed by atoms with Gasteiger partial charge in [-0.05, 0) is 17.7 Å². The van der Waals surface area contributed by atoms with E-state index >= 15 is 0 Å². The lowest BCUT2D eigenvalue weighted by molar-refractivity contribution is 0.182. The monoisotopic (exact) mass is 244 g/mol. The Morgan fingerprint density at radius 2 is 2.17 bits per heavy atom. The van der Waals surface area contributed by atoms with E-state index in [1.807, 2.05) is 37.3 Å². The Bertz CT molecular complexity index is 557. The van der Waals surface area contributed by atoms with Gasteiger partial charge in [-0.15, -0.1) is 0 Å². The fourth-order valence-corrected chi connectivity index (χ4v) is 2.34. The van der Waals surface area contributed by atoms with Crippen LogP contribution in [0, 0.1) is 0 Å². The van der Waals surface area contributed by atoms with Gasteiger partial charge in [0.1, 0.15) is 23.4 Å². The zero-order valence-corrected chi connectivity index (χ0v) is 10.3. The zero-order valence-electron chi connectivity index (χ0n) is 10.3. The van der Waals surface area contributed by atoms with Crippen LogP contribution in [-0.2, 0) is 12.8 Å². The highest BCUT2D eigenvalue weighted by Gasteiger charge is 2.23. The quantitative estimate of drug-likeness (QED) is 0.902. The van der Waals surface area contributed by atoms with Gasteiger partial charge in [-0.1, -0.05) is 25.1 Å². The van der Waals surface area contributed by atoms with Crippen LogP contribution in [0.25, 0.3) is 0 Å². The molecule has 1 unspecified atom stereocenters. The average molecular weight is 244 g/mol. The Kier molecular flexibility index (Phi) is 2.84. The molecular weight excluding hydrogens is 228 g/mol. The SMILES string of the molecule is CCc1ccc(C(O)c2cccc3c2OCC3)o1. The van der Waals surface area contributed by atoms with Gasteiger partial charge < -0.3 is 14.3 Å². The van der Waals surface area contributed by atoms with Gasteiger partial charge in [-0.3, -0.25) is 0 Å². The van der Waals surface area contributed by atoms with Crippen LogP contribution < -0.4 is 4.74 Å². The fourth-order valence-electron chi connectivity index (χ4n) is 2.34. The number of hydrogen-bond donors (Lipinski definition) is 1. The van der Waals surface area contributed by atoms with Gasteiger partial charge in [-0.25, -0.2) is 0 Å². The molecule has 0 fully saturated rings. The molecule has 1 aliphatic heterocycles. The summed E-state index contributed by atoms with van der Waals surface area (Å²) in [7, 11) is 0. The highest BCUT2D eigenvalue weighted by atomic mass is 16.5. The van der Waals surface area contributed by atoms with E-state index in [-0.39, 0.29) is 0 Å². The van der Waals surface area contributed by atoms with Crippen LogP contribution in [0.3, 0.4) is 0 Å². The summed E-state index contributed by atoms with van der Waals surface area (Å²) < 4.78 is 11.2. The van der Waals surface area contributed by atoms with E-state index in [4.69, 9.17) is 9.15 Å². The van der Waals surface area contributed by atoms with Crippen molar-refractivity contribution < 1.29 is 14.3 Å². The molecule has 0 radical (unpaired) electrons. The van der Waals surface area contributed by atoms with Crippen LogP contribution in [0.2, 0.25) is 0 Å². The predicted octanol–water partition coefficient (Wildman–Crippen LogP) is 2.86. The molecule has 18 heavy (non-hydrogen) atoms. The molecule has 1 aliphatic rings. The van der Waals surface area contributed by atoms with Crippen molar-refractivity contribution in [1.29, 1.82) is 0 Å². The number of aliphatic hydroxyl groups excluding tert-OH is 1. The molecule has 0 bridgehead atoms. The second-order valence-corrected chi connectivity index (χ2v) is 4.49. The van der Waals surface area contributed by atoms with Gasteiger partial charge in [0.15, 0.2) is 0 Å². The maximum Gasteiger partial charge on any atom is 0.140 e. The number of ether oxygens (including phenoxy) is 1. The third-order valence-corrected chi connectivity index (χ3v) is 3.34. The number of aryl methyl sites for hydroxylation is 1. The highest BCUT2D eigenvalue weighted by Crippen LogP contribution is 2.36. The summed E-state index contributed by atoms with van der Waals surface area (Å²) in [6.45, 7) is 2.72. The standard InChI is InChI=1S/C15H16O3/c1-2-11-6-7-13(18-11)14(16)12-5-3-4-10-8-9-17-15(10)12/h3-7,14,16H,2,8-9H2,1H3. The summed E-state index contributed by atoms with van der Waals surface area (Å²) in [5, 5.41) is 10.4. The van der Waals surface area contributed by atoms with E-state index in [0.717, 1.165) is 35.5 Å². The van der Waals surface area contributed by atoms with Crippen molar-refractivity contribution in [2.75, 3.05) is 6.61 Å². The van der Waals surface area contributed by atoms with Gasteiger partial charge >= 0.3 is 0 Å². The Morgan fingerprint density at radius 1 is 1.28 bits per heavy atom. The zero-order chi connectivity index (χ0) is 12.5. The van der Waals surface area contributed by atoms with Crippen LogP contribution in [0.4, 0.5) is 0 Å². The molecule has 1 aromatic carbocycles. The number of furan rings is 1. The maximum absolute atomic E-state index is 10.4. The summed E-state index contributed by atoms with van der Waals surface area (Å²) in [4.78, 5) is 0. The van der Waals surface area contributed by atoms with Crippen molar-refractivity contribution in [1.82, 2.24) is 0 Å². The van der Waals surface area contributed by atoms with Crippen molar-refractivity contribution in [2.45, 2.75) is 25.9 Å². The number of benzene rings is 1. The van der Waals surface area contributed by atoms with Crippen molar-refractivity contribution in [2.24, 2.45) is 0 Å². The molecule has 0 amide bonds. The Hall–Kier alpha value is -1.74. The maximum atomic E-state index is 10.4. The van der Waals surface area contributed by atoms with Crippen molar-refractivity contribution in [3.8, 4) is 5.75 Å². The predicted molar refractivity (Wildman–Crippen MR) is 67.8 cm³/mol. The summed E-state index contributed by atoms with van der Waals surface area (Å²) in [5.41, 5.74) is 1.95. The topological polar surface area (TPSA) is 42.6 Å². The highest BCUT2D eigenvalue weighted by molar-refractivity contribution is 5.46. The minimum absolute atomic E-state index is 0.579. The molecule has 0 spiro atoms. The number of aliphatic hydroxyl groups is 1. The molecule has 1 atom stereocenters. The molecule has 0 aliphatic carbocycles. The molecule has 2 heterocycles. The van der Waals surface area contributed by atoms with Crippen LogP contribution in [0.5, 0.6) is 5.75 Å². The lowest BCUT2D eigenvalue weighted by Crippen LogP contribution is -2.01. The third kappa shape index (κ3) is 1.81. The molecule has 1 aromatic heterocycles. The van der Waals surface area contributed by atoms with Gasteiger partial charge in [0, 0.05) is 18.4 Å². The van der Waals surface area contributed by atoms with E-state index in [1.165, 1.54) is 0 Å². The number of rotatable bonds is 3. The van der Waals surface area contributed by atoms with Crippen LogP contribution in [0.15, 0.2) is 34.7 Å². The molecule has 2 aromatic rings. The van der Waals surface area contributed by atoms with Gasteiger partial charge in [0.2, 0.25) is 0 Å². The number of para-hydroxylation sites is 1. The third-order valence-electron chi connectivity index (χ3n) is 3.34. The second-order valence-electron chi connectivity index (χ2n) is 4.49.